The number of ether oxygens (including phenoxy) is 5. The van der Waals surface area contributed by atoms with E-state index in [1.54, 1.807) is 0 Å². The maximum Gasteiger partial charge on any atom is 0.217 e. The van der Waals surface area contributed by atoms with Crippen LogP contribution in [0.2, 0.25) is 0 Å². The minimum atomic E-state index is -0.799. The van der Waals surface area contributed by atoms with Gasteiger partial charge in [-0.05, 0) is 22.3 Å². The summed E-state index contributed by atoms with van der Waals surface area (Å²) in [6.07, 6.45) is -2.48. The van der Waals surface area contributed by atoms with Gasteiger partial charge in [-0.3, -0.25) is 4.79 Å². The summed E-state index contributed by atoms with van der Waals surface area (Å²) in [5.41, 5.74) is 4.08. The summed E-state index contributed by atoms with van der Waals surface area (Å²) in [7, 11) is 0. The van der Waals surface area contributed by atoms with E-state index in [1.165, 1.54) is 6.92 Å². The molecule has 1 N–H and O–H groups in total. The molecule has 0 spiro atoms. The Morgan fingerprint density at radius 1 is 0.605 bits per heavy atom. The van der Waals surface area contributed by atoms with Crippen LogP contribution in [-0.4, -0.2) is 43.2 Å². The second kappa shape index (κ2) is 16.1. The van der Waals surface area contributed by atoms with Crippen molar-refractivity contribution in [3.63, 3.8) is 0 Å². The topological polar surface area (TPSA) is 75.3 Å². The summed E-state index contributed by atoms with van der Waals surface area (Å²) in [5.74, 6) is -0.212. The number of benzene rings is 4. The largest absolute Gasteiger partial charge is 0.374 e. The Labute approximate surface area is 253 Å². The first-order valence-electron chi connectivity index (χ1n) is 14.7. The molecule has 0 bridgehead atoms. The van der Waals surface area contributed by atoms with Crippen molar-refractivity contribution < 1.29 is 28.5 Å². The minimum Gasteiger partial charge on any atom is -0.374 e. The van der Waals surface area contributed by atoms with Crippen LogP contribution in [0.4, 0.5) is 0 Å². The lowest BCUT2D eigenvalue weighted by atomic mass is 9.95. The molecule has 43 heavy (non-hydrogen) atoms. The van der Waals surface area contributed by atoms with Gasteiger partial charge in [0.15, 0.2) is 6.29 Å². The van der Waals surface area contributed by atoms with E-state index < -0.39 is 30.6 Å². The molecule has 7 heteroatoms. The highest BCUT2D eigenvalue weighted by Crippen LogP contribution is 2.30. The standard InChI is InChI=1S/C36H39NO6/c1-27(38)37-33-35(41-24-30-18-10-4-11-19-30)34(40-23-29-16-8-3-9-17-29)32(26-39-22-28-14-6-2-7-15-28)43-36(33)42-25-31-20-12-5-13-21-31/h2-21,32-36H,22-26H2,1H3,(H,37,38)/t32-,33-,34+,35+,36+/m0/s1. The number of nitrogens with one attached hydrogen (secondary N) is 1. The number of carbonyl (C=O) groups excluding carboxylic acids is 1. The van der Waals surface area contributed by atoms with Gasteiger partial charge in [-0.25, -0.2) is 0 Å². The first-order chi connectivity index (χ1) is 21.2. The Hall–Kier alpha value is -3.85. The quantitative estimate of drug-likeness (QED) is 0.202. The average molecular weight is 582 g/mol. The molecule has 1 fully saturated rings. The third-order valence-electron chi connectivity index (χ3n) is 7.24. The van der Waals surface area contributed by atoms with Crippen molar-refractivity contribution >= 4 is 5.91 Å². The summed E-state index contributed by atoms with van der Waals surface area (Å²) in [6.45, 7) is 3.13. The van der Waals surface area contributed by atoms with Crippen LogP contribution in [-0.2, 0) is 54.9 Å². The van der Waals surface area contributed by atoms with Crippen molar-refractivity contribution in [2.45, 2.75) is 64.0 Å². The van der Waals surface area contributed by atoms with Crippen LogP contribution >= 0.6 is 0 Å². The van der Waals surface area contributed by atoms with Gasteiger partial charge in [0.25, 0.3) is 0 Å². The fourth-order valence-corrected chi connectivity index (χ4v) is 5.12. The molecule has 5 atom stereocenters. The van der Waals surface area contributed by atoms with Gasteiger partial charge in [0.2, 0.25) is 5.91 Å². The summed E-state index contributed by atoms with van der Waals surface area (Å²) in [4.78, 5) is 12.5. The molecular weight excluding hydrogens is 542 g/mol. The lowest BCUT2D eigenvalue weighted by Crippen LogP contribution is -2.66. The predicted molar refractivity (Wildman–Crippen MR) is 164 cm³/mol. The molecule has 4 aromatic rings. The van der Waals surface area contributed by atoms with E-state index in [1.807, 2.05) is 121 Å². The number of hydrogen-bond donors (Lipinski definition) is 1. The zero-order valence-electron chi connectivity index (χ0n) is 24.4. The Morgan fingerprint density at radius 3 is 1.49 bits per heavy atom. The highest BCUT2D eigenvalue weighted by atomic mass is 16.7. The Kier molecular flexibility index (Phi) is 11.5. The fraction of sp³-hybridized carbons (Fsp3) is 0.306. The van der Waals surface area contributed by atoms with Crippen LogP contribution in [0.3, 0.4) is 0 Å². The van der Waals surface area contributed by atoms with Crippen molar-refractivity contribution in [3.05, 3.63) is 144 Å². The zero-order valence-corrected chi connectivity index (χ0v) is 24.4. The lowest BCUT2D eigenvalue weighted by molar-refractivity contribution is -0.293. The summed E-state index contributed by atoms with van der Waals surface area (Å²) >= 11 is 0. The van der Waals surface area contributed by atoms with Gasteiger partial charge in [0, 0.05) is 6.92 Å². The lowest BCUT2D eigenvalue weighted by Gasteiger charge is -2.46. The molecule has 0 saturated carbocycles. The van der Waals surface area contributed by atoms with Gasteiger partial charge < -0.3 is 29.0 Å². The van der Waals surface area contributed by atoms with Crippen LogP contribution in [0, 0.1) is 0 Å². The predicted octanol–water partition coefficient (Wildman–Crippen LogP) is 5.82. The molecule has 0 aromatic heterocycles. The Bertz CT molecular complexity index is 1360. The molecule has 1 aliphatic rings. The summed E-state index contributed by atoms with van der Waals surface area (Å²) < 4.78 is 32.3. The van der Waals surface area contributed by atoms with Crippen LogP contribution < -0.4 is 5.32 Å². The van der Waals surface area contributed by atoms with Gasteiger partial charge in [-0.15, -0.1) is 0 Å². The van der Waals surface area contributed by atoms with Crippen molar-refractivity contribution in [2.75, 3.05) is 6.61 Å². The molecule has 7 nitrogen and oxygen atoms in total. The van der Waals surface area contributed by atoms with E-state index in [0.29, 0.717) is 26.4 Å². The van der Waals surface area contributed by atoms with Gasteiger partial charge in [-0.2, -0.15) is 0 Å². The molecule has 0 radical (unpaired) electrons. The highest BCUT2D eigenvalue weighted by molar-refractivity contribution is 5.73. The molecule has 5 rings (SSSR count). The molecule has 1 saturated heterocycles. The molecule has 0 unspecified atom stereocenters. The molecule has 1 amide bonds. The van der Waals surface area contributed by atoms with Gasteiger partial charge in [0.1, 0.15) is 24.4 Å². The van der Waals surface area contributed by atoms with Crippen molar-refractivity contribution in [1.29, 1.82) is 0 Å². The van der Waals surface area contributed by atoms with Crippen LogP contribution in [0.25, 0.3) is 0 Å². The van der Waals surface area contributed by atoms with E-state index in [2.05, 4.69) is 5.32 Å². The van der Waals surface area contributed by atoms with Crippen molar-refractivity contribution in [1.82, 2.24) is 5.32 Å². The van der Waals surface area contributed by atoms with Crippen LogP contribution in [0.5, 0.6) is 0 Å². The number of hydrogen-bond acceptors (Lipinski definition) is 6. The molecule has 1 heterocycles. The number of carbonyl (C=O) groups is 1. The van der Waals surface area contributed by atoms with E-state index in [9.17, 15) is 4.79 Å². The number of rotatable bonds is 14. The van der Waals surface area contributed by atoms with Crippen molar-refractivity contribution in [3.8, 4) is 0 Å². The molecular formula is C36H39NO6. The SMILES string of the molecule is CC(=O)N[C@@H]1[C@H](OCc2ccccc2)O[C@@H](COCc2ccccc2)[C@@H](OCc2ccccc2)[C@@H]1OCc1ccccc1. The second-order valence-corrected chi connectivity index (χ2v) is 10.6. The summed E-state index contributed by atoms with van der Waals surface area (Å²) in [5, 5.41) is 3.05. The average Bonchev–Trinajstić information content (AvgIpc) is 3.05. The van der Waals surface area contributed by atoms with Gasteiger partial charge in [-0.1, -0.05) is 121 Å². The third-order valence-corrected chi connectivity index (χ3v) is 7.24. The van der Waals surface area contributed by atoms with Gasteiger partial charge >= 0.3 is 0 Å². The Balaban J connectivity index is 1.41. The fourth-order valence-electron chi connectivity index (χ4n) is 5.12. The molecule has 0 aliphatic carbocycles. The zero-order chi connectivity index (χ0) is 29.7. The molecule has 224 valence electrons. The van der Waals surface area contributed by atoms with E-state index >= 15 is 0 Å². The van der Waals surface area contributed by atoms with Crippen LogP contribution in [0.15, 0.2) is 121 Å². The monoisotopic (exact) mass is 581 g/mol. The highest BCUT2D eigenvalue weighted by Gasteiger charge is 2.48. The molecule has 4 aromatic carbocycles. The van der Waals surface area contributed by atoms with E-state index in [4.69, 9.17) is 23.7 Å². The maximum atomic E-state index is 12.5. The first-order valence-corrected chi connectivity index (χ1v) is 14.7. The maximum absolute atomic E-state index is 12.5. The number of amides is 1. The normalized spacial score (nSPS) is 21.7. The second-order valence-electron chi connectivity index (χ2n) is 10.6. The van der Waals surface area contributed by atoms with E-state index in [-0.39, 0.29) is 12.5 Å². The summed E-state index contributed by atoms with van der Waals surface area (Å²) in [6, 6.07) is 39.1. The van der Waals surface area contributed by atoms with Crippen molar-refractivity contribution in [2.24, 2.45) is 0 Å². The minimum absolute atomic E-state index is 0.212. The smallest absolute Gasteiger partial charge is 0.217 e. The third kappa shape index (κ3) is 9.32. The molecule has 1 aliphatic heterocycles. The van der Waals surface area contributed by atoms with E-state index in [0.717, 1.165) is 22.3 Å². The Morgan fingerprint density at radius 2 is 1.02 bits per heavy atom. The van der Waals surface area contributed by atoms with Gasteiger partial charge in [0.05, 0.1) is 33.0 Å². The first kappa shape index (κ1) is 30.6. The van der Waals surface area contributed by atoms with Crippen LogP contribution in [0.1, 0.15) is 29.2 Å².